The summed E-state index contributed by atoms with van der Waals surface area (Å²) in [4.78, 5) is 47.8. The van der Waals surface area contributed by atoms with Gasteiger partial charge in [-0.2, -0.15) is 11.8 Å². The van der Waals surface area contributed by atoms with Crippen LogP contribution in [0.2, 0.25) is 0 Å². The number of carboxylic acid groups (broad SMARTS) is 1. The van der Waals surface area contributed by atoms with E-state index in [4.69, 9.17) is 5.73 Å². The van der Waals surface area contributed by atoms with Crippen LogP contribution in [-0.4, -0.2) is 88.4 Å². The number of hydrogen-bond donors (Lipinski definition) is 7. The van der Waals surface area contributed by atoms with E-state index >= 15 is 0 Å². The van der Waals surface area contributed by atoms with E-state index in [1.54, 1.807) is 13.8 Å². The highest BCUT2D eigenvalue weighted by Gasteiger charge is 2.29. The molecule has 0 aromatic heterocycles. The van der Waals surface area contributed by atoms with Gasteiger partial charge in [0.2, 0.25) is 17.7 Å². The Bertz CT molecular complexity index is 562. The van der Waals surface area contributed by atoms with Gasteiger partial charge in [0.15, 0.2) is 0 Å². The van der Waals surface area contributed by atoms with E-state index in [-0.39, 0.29) is 12.3 Å². The van der Waals surface area contributed by atoms with Crippen molar-refractivity contribution in [3.8, 4) is 0 Å². The summed E-state index contributed by atoms with van der Waals surface area (Å²) in [6.07, 6.45) is 2.39. The second-order valence-electron chi connectivity index (χ2n) is 6.90. The molecule has 4 atom stereocenters. The topological polar surface area (TPSA) is 191 Å². The van der Waals surface area contributed by atoms with E-state index in [1.165, 1.54) is 11.8 Å². The summed E-state index contributed by atoms with van der Waals surface area (Å²) in [6.45, 7) is 2.01. The number of thioether (sulfide) groups is 1. The van der Waals surface area contributed by atoms with Gasteiger partial charge in [-0.05, 0) is 30.8 Å². The molecule has 4 unspecified atom stereocenters. The summed E-state index contributed by atoms with van der Waals surface area (Å²) in [5.74, 6) is -3.06. The molecule has 12 heteroatoms. The fourth-order valence-electron chi connectivity index (χ4n) is 2.28. The third-order valence-corrected chi connectivity index (χ3v) is 4.57. The van der Waals surface area contributed by atoms with E-state index in [9.17, 15) is 34.5 Å². The van der Waals surface area contributed by atoms with Crippen LogP contribution in [-0.2, 0) is 19.2 Å². The summed E-state index contributed by atoms with van der Waals surface area (Å²) < 4.78 is 0. The highest BCUT2D eigenvalue weighted by molar-refractivity contribution is 7.98. The smallest absolute Gasteiger partial charge is 0.326 e. The molecule has 0 bridgehead atoms. The number of aliphatic hydroxyl groups excluding tert-OH is 2. The molecule has 11 nitrogen and oxygen atoms in total. The normalized spacial score (nSPS) is 15.1. The molecule has 0 aliphatic heterocycles. The number of carboxylic acids is 1. The number of aliphatic carboxylic acids is 1. The second kappa shape index (κ2) is 14.1. The number of aliphatic hydroxyl groups is 2. The third kappa shape index (κ3) is 10.5. The van der Waals surface area contributed by atoms with Crippen LogP contribution in [0.1, 0.15) is 26.7 Å². The summed E-state index contributed by atoms with van der Waals surface area (Å²) in [6, 6.07) is -4.88. The zero-order chi connectivity index (χ0) is 22.6. The van der Waals surface area contributed by atoms with Crippen molar-refractivity contribution in [2.45, 2.75) is 50.9 Å². The number of nitrogens with two attached hydrogens (primary N) is 1. The van der Waals surface area contributed by atoms with Gasteiger partial charge in [-0.15, -0.1) is 0 Å². The first kappa shape index (κ1) is 27.1. The molecule has 0 aromatic carbocycles. The average Bonchev–Trinajstić information content (AvgIpc) is 2.66. The Morgan fingerprint density at radius 1 is 0.897 bits per heavy atom. The Hall–Kier alpha value is -1.89. The predicted molar refractivity (Wildman–Crippen MR) is 108 cm³/mol. The Morgan fingerprint density at radius 2 is 1.34 bits per heavy atom. The number of nitrogens with one attached hydrogen (secondary N) is 3. The van der Waals surface area contributed by atoms with Gasteiger partial charge in [-0.1, -0.05) is 13.8 Å². The Labute approximate surface area is 174 Å². The minimum Gasteiger partial charge on any atom is -0.480 e. The van der Waals surface area contributed by atoms with Crippen molar-refractivity contribution in [3.05, 3.63) is 0 Å². The van der Waals surface area contributed by atoms with E-state index in [2.05, 4.69) is 16.0 Å². The van der Waals surface area contributed by atoms with Gasteiger partial charge < -0.3 is 37.0 Å². The fourth-order valence-corrected chi connectivity index (χ4v) is 2.77. The monoisotopic (exact) mass is 436 g/mol. The molecule has 3 amide bonds. The van der Waals surface area contributed by atoms with E-state index in [0.717, 1.165) is 0 Å². The van der Waals surface area contributed by atoms with Crippen LogP contribution in [0.5, 0.6) is 0 Å². The zero-order valence-electron chi connectivity index (χ0n) is 16.9. The molecule has 168 valence electrons. The molecule has 0 aromatic rings. The quantitative estimate of drug-likeness (QED) is 0.156. The summed E-state index contributed by atoms with van der Waals surface area (Å²) in [7, 11) is 0. The molecule has 0 fully saturated rings. The fraction of sp³-hybridized carbons (Fsp3) is 0.765. The third-order valence-electron chi connectivity index (χ3n) is 3.92. The van der Waals surface area contributed by atoms with Gasteiger partial charge in [-0.25, -0.2) is 4.79 Å². The van der Waals surface area contributed by atoms with Crippen LogP contribution in [0.25, 0.3) is 0 Å². The molecular formula is C17H32N4O7S. The summed E-state index contributed by atoms with van der Waals surface area (Å²) in [5.41, 5.74) is 5.71. The first-order chi connectivity index (χ1) is 13.6. The van der Waals surface area contributed by atoms with E-state index in [0.29, 0.717) is 12.2 Å². The van der Waals surface area contributed by atoms with Crippen molar-refractivity contribution in [1.29, 1.82) is 0 Å². The molecule has 0 saturated heterocycles. The van der Waals surface area contributed by atoms with Crippen LogP contribution in [0.15, 0.2) is 0 Å². The Morgan fingerprint density at radius 3 is 1.72 bits per heavy atom. The molecule has 29 heavy (non-hydrogen) atoms. The van der Waals surface area contributed by atoms with Crippen LogP contribution in [0.3, 0.4) is 0 Å². The Kier molecular flexibility index (Phi) is 13.2. The summed E-state index contributed by atoms with van der Waals surface area (Å²) in [5, 5.41) is 34.7. The van der Waals surface area contributed by atoms with Crippen LogP contribution in [0, 0.1) is 5.92 Å². The molecule has 8 N–H and O–H groups in total. The van der Waals surface area contributed by atoms with Crippen molar-refractivity contribution < 1.29 is 34.5 Å². The van der Waals surface area contributed by atoms with E-state index < -0.39 is 61.1 Å². The lowest BCUT2D eigenvalue weighted by Crippen LogP contribution is -2.59. The molecular weight excluding hydrogens is 404 g/mol. The molecule has 0 radical (unpaired) electrons. The van der Waals surface area contributed by atoms with E-state index in [1.807, 2.05) is 6.26 Å². The van der Waals surface area contributed by atoms with Crippen molar-refractivity contribution in [1.82, 2.24) is 16.0 Å². The molecule has 0 heterocycles. The number of carbonyl (C=O) groups excluding carboxylic acids is 3. The first-order valence-electron chi connectivity index (χ1n) is 9.17. The minimum absolute atomic E-state index is 0.0112. The van der Waals surface area contributed by atoms with Crippen molar-refractivity contribution in [3.63, 3.8) is 0 Å². The SMILES string of the molecule is CSCCC(N)C(=O)NC(CO)C(=O)NC(CO)C(=O)NC(CC(C)C)C(=O)O. The summed E-state index contributed by atoms with van der Waals surface area (Å²) >= 11 is 1.50. The van der Waals surface area contributed by atoms with Gasteiger partial charge in [0, 0.05) is 0 Å². The maximum atomic E-state index is 12.3. The van der Waals surface area contributed by atoms with Gasteiger partial charge >= 0.3 is 5.97 Å². The van der Waals surface area contributed by atoms with Crippen LogP contribution >= 0.6 is 11.8 Å². The largest absolute Gasteiger partial charge is 0.480 e. The molecule has 0 spiro atoms. The number of rotatable bonds is 14. The lowest BCUT2D eigenvalue weighted by Gasteiger charge is -2.23. The second-order valence-corrected chi connectivity index (χ2v) is 7.89. The predicted octanol–water partition coefficient (Wildman–Crippen LogP) is -2.36. The highest BCUT2D eigenvalue weighted by Crippen LogP contribution is 2.05. The van der Waals surface area contributed by atoms with Crippen molar-refractivity contribution in [2.24, 2.45) is 11.7 Å². The van der Waals surface area contributed by atoms with Gasteiger partial charge in [0.05, 0.1) is 19.3 Å². The van der Waals surface area contributed by atoms with Gasteiger partial charge in [-0.3, -0.25) is 14.4 Å². The first-order valence-corrected chi connectivity index (χ1v) is 10.6. The molecule has 0 saturated carbocycles. The maximum Gasteiger partial charge on any atom is 0.326 e. The Balaban J connectivity index is 4.93. The number of hydrogen-bond acceptors (Lipinski definition) is 8. The number of amides is 3. The zero-order valence-corrected chi connectivity index (χ0v) is 17.7. The maximum absolute atomic E-state index is 12.3. The lowest BCUT2D eigenvalue weighted by atomic mass is 10.0. The van der Waals surface area contributed by atoms with Crippen LogP contribution in [0.4, 0.5) is 0 Å². The molecule has 0 aliphatic rings. The van der Waals surface area contributed by atoms with Crippen LogP contribution < -0.4 is 21.7 Å². The number of carbonyl (C=O) groups is 4. The van der Waals surface area contributed by atoms with Gasteiger partial charge in [0.25, 0.3) is 0 Å². The lowest BCUT2D eigenvalue weighted by molar-refractivity contribution is -0.143. The van der Waals surface area contributed by atoms with Crippen molar-refractivity contribution >= 4 is 35.5 Å². The molecule has 0 aliphatic carbocycles. The average molecular weight is 437 g/mol. The van der Waals surface area contributed by atoms with Gasteiger partial charge in [0.1, 0.15) is 18.1 Å². The standard InChI is InChI=1S/C17H32N4O7S/c1-9(2)6-11(17(27)28)19-15(25)13(8-23)21-16(26)12(7-22)20-14(24)10(18)4-5-29-3/h9-13,22-23H,4-8,18H2,1-3H3,(H,19,25)(H,20,24)(H,21,26)(H,27,28). The molecule has 0 rings (SSSR count). The van der Waals surface area contributed by atoms with Crippen molar-refractivity contribution in [2.75, 3.05) is 25.2 Å². The minimum atomic E-state index is -1.45. The highest BCUT2D eigenvalue weighted by atomic mass is 32.2.